The van der Waals surface area contributed by atoms with E-state index in [-0.39, 0.29) is 0 Å². The fraction of sp³-hybridized carbons (Fsp3) is 0.647. The van der Waals surface area contributed by atoms with Gasteiger partial charge in [0.15, 0.2) is 11.5 Å². The highest BCUT2D eigenvalue weighted by molar-refractivity contribution is 5.42. The number of hydrogen-bond acceptors (Lipinski definition) is 3. The summed E-state index contributed by atoms with van der Waals surface area (Å²) in [6.45, 7) is 11.4. The number of ether oxygens (including phenoxy) is 2. The predicted octanol–water partition coefficient (Wildman–Crippen LogP) is 3.87. The zero-order valence-electron chi connectivity index (χ0n) is 13.5. The highest BCUT2D eigenvalue weighted by Crippen LogP contribution is 2.28. The summed E-state index contributed by atoms with van der Waals surface area (Å²) < 4.78 is 11.2. The maximum Gasteiger partial charge on any atom is 0.161 e. The molecule has 0 aliphatic heterocycles. The third-order valence-electron chi connectivity index (χ3n) is 3.06. The van der Waals surface area contributed by atoms with Gasteiger partial charge in [0.05, 0.1) is 13.7 Å². The van der Waals surface area contributed by atoms with E-state index in [0.717, 1.165) is 37.6 Å². The Morgan fingerprint density at radius 1 is 1.05 bits per heavy atom. The molecule has 0 saturated carbocycles. The average Bonchev–Trinajstić information content (AvgIpc) is 2.39. The molecule has 20 heavy (non-hydrogen) atoms. The third-order valence-corrected chi connectivity index (χ3v) is 3.06. The summed E-state index contributed by atoms with van der Waals surface area (Å²) in [5.41, 5.74) is 1.22. The van der Waals surface area contributed by atoms with Gasteiger partial charge in [0.2, 0.25) is 0 Å². The highest BCUT2D eigenvalue weighted by Gasteiger charge is 2.06. The summed E-state index contributed by atoms with van der Waals surface area (Å²) in [5.74, 6) is 2.97. The van der Waals surface area contributed by atoms with Crippen molar-refractivity contribution >= 4 is 0 Å². The summed E-state index contributed by atoms with van der Waals surface area (Å²) in [4.78, 5) is 0. The van der Waals surface area contributed by atoms with Crippen LogP contribution in [0.5, 0.6) is 11.5 Å². The van der Waals surface area contributed by atoms with E-state index in [1.165, 1.54) is 5.56 Å². The molecule has 0 saturated heterocycles. The molecule has 0 unspecified atom stereocenters. The first kappa shape index (κ1) is 16.8. The van der Waals surface area contributed by atoms with Gasteiger partial charge in [-0.2, -0.15) is 0 Å². The van der Waals surface area contributed by atoms with Crippen LogP contribution in [-0.4, -0.2) is 20.3 Å². The van der Waals surface area contributed by atoms with E-state index in [0.29, 0.717) is 11.8 Å². The van der Waals surface area contributed by atoms with E-state index >= 15 is 0 Å². The summed E-state index contributed by atoms with van der Waals surface area (Å²) in [6, 6.07) is 6.16. The molecule has 0 aliphatic rings. The number of nitrogens with one attached hydrogen (secondary N) is 1. The van der Waals surface area contributed by atoms with Crippen molar-refractivity contribution in [3.05, 3.63) is 23.8 Å². The molecule has 0 aromatic heterocycles. The van der Waals surface area contributed by atoms with Crippen molar-refractivity contribution < 1.29 is 9.47 Å². The standard InChI is InChI=1S/C17H29NO2/c1-13(2)8-9-20-16-7-6-15(10-17(16)19-5)12-18-11-14(3)4/h6-7,10,13-14,18H,8-9,11-12H2,1-5H3. The van der Waals surface area contributed by atoms with Crippen LogP contribution in [0, 0.1) is 11.8 Å². The Morgan fingerprint density at radius 2 is 1.80 bits per heavy atom. The molecule has 0 heterocycles. The smallest absolute Gasteiger partial charge is 0.161 e. The lowest BCUT2D eigenvalue weighted by molar-refractivity contribution is 0.273. The molecule has 3 nitrogen and oxygen atoms in total. The molecule has 0 fully saturated rings. The summed E-state index contributed by atoms with van der Waals surface area (Å²) in [6.07, 6.45) is 1.06. The largest absolute Gasteiger partial charge is 0.493 e. The van der Waals surface area contributed by atoms with Gasteiger partial charge in [0.25, 0.3) is 0 Å². The van der Waals surface area contributed by atoms with Crippen molar-refractivity contribution in [3.63, 3.8) is 0 Å². The number of methoxy groups -OCH3 is 1. The van der Waals surface area contributed by atoms with Crippen LogP contribution in [0.15, 0.2) is 18.2 Å². The van der Waals surface area contributed by atoms with E-state index in [2.05, 4.69) is 45.1 Å². The molecule has 0 amide bonds. The van der Waals surface area contributed by atoms with E-state index in [1.54, 1.807) is 7.11 Å². The van der Waals surface area contributed by atoms with E-state index in [1.807, 2.05) is 6.07 Å². The minimum absolute atomic E-state index is 0.653. The lowest BCUT2D eigenvalue weighted by atomic mass is 10.1. The Bertz CT molecular complexity index is 389. The van der Waals surface area contributed by atoms with Crippen molar-refractivity contribution in [1.29, 1.82) is 0 Å². The molecule has 1 rings (SSSR count). The van der Waals surface area contributed by atoms with Gasteiger partial charge >= 0.3 is 0 Å². The molecule has 1 aromatic carbocycles. The van der Waals surface area contributed by atoms with Crippen LogP contribution in [0.25, 0.3) is 0 Å². The second-order valence-corrected chi connectivity index (χ2v) is 6.04. The van der Waals surface area contributed by atoms with Gasteiger partial charge < -0.3 is 14.8 Å². The highest BCUT2D eigenvalue weighted by atomic mass is 16.5. The van der Waals surface area contributed by atoms with Gasteiger partial charge in [-0.3, -0.25) is 0 Å². The summed E-state index contributed by atoms with van der Waals surface area (Å²) >= 11 is 0. The van der Waals surface area contributed by atoms with E-state index in [9.17, 15) is 0 Å². The molecule has 0 atom stereocenters. The molecule has 0 bridgehead atoms. The molecule has 0 radical (unpaired) electrons. The Balaban J connectivity index is 2.56. The fourth-order valence-corrected chi connectivity index (χ4v) is 1.85. The zero-order chi connectivity index (χ0) is 15.0. The lowest BCUT2D eigenvalue weighted by Crippen LogP contribution is -2.18. The molecular weight excluding hydrogens is 250 g/mol. The quantitative estimate of drug-likeness (QED) is 0.744. The van der Waals surface area contributed by atoms with Crippen LogP contribution < -0.4 is 14.8 Å². The van der Waals surface area contributed by atoms with Crippen LogP contribution in [0.3, 0.4) is 0 Å². The van der Waals surface area contributed by atoms with Gasteiger partial charge in [-0.1, -0.05) is 33.8 Å². The molecule has 0 spiro atoms. The minimum atomic E-state index is 0.653. The monoisotopic (exact) mass is 279 g/mol. The first-order valence-electron chi connectivity index (χ1n) is 7.53. The van der Waals surface area contributed by atoms with Crippen LogP contribution in [0.4, 0.5) is 0 Å². The van der Waals surface area contributed by atoms with Crippen molar-refractivity contribution in [2.45, 2.75) is 40.7 Å². The van der Waals surface area contributed by atoms with Crippen molar-refractivity contribution in [2.24, 2.45) is 11.8 Å². The van der Waals surface area contributed by atoms with Crippen LogP contribution in [0.1, 0.15) is 39.7 Å². The first-order chi connectivity index (χ1) is 9.52. The molecule has 3 heteroatoms. The van der Waals surface area contributed by atoms with Crippen LogP contribution in [0.2, 0.25) is 0 Å². The van der Waals surface area contributed by atoms with Crippen molar-refractivity contribution in [2.75, 3.05) is 20.3 Å². The number of rotatable bonds is 9. The fourth-order valence-electron chi connectivity index (χ4n) is 1.85. The van der Waals surface area contributed by atoms with Gasteiger partial charge in [-0.05, 0) is 42.5 Å². The van der Waals surface area contributed by atoms with Crippen LogP contribution in [-0.2, 0) is 6.54 Å². The Hall–Kier alpha value is -1.22. The van der Waals surface area contributed by atoms with Crippen molar-refractivity contribution in [1.82, 2.24) is 5.32 Å². The Kier molecular flexibility index (Phi) is 7.45. The zero-order valence-corrected chi connectivity index (χ0v) is 13.5. The number of hydrogen-bond donors (Lipinski definition) is 1. The summed E-state index contributed by atoms with van der Waals surface area (Å²) in [7, 11) is 1.69. The predicted molar refractivity (Wildman–Crippen MR) is 84.5 cm³/mol. The molecule has 0 aliphatic carbocycles. The number of benzene rings is 1. The maximum atomic E-state index is 5.79. The molecule has 1 aromatic rings. The summed E-state index contributed by atoms with van der Waals surface area (Å²) in [5, 5.41) is 3.43. The second kappa shape index (κ2) is 8.85. The molecular formula is C17H29NO2. The minimum Gasteiger partial charge on any atom is -0.493 e. The van der Waals surface area contributed by atoms with E-state index in [4.69, 9.17) is 9.47 Å². The Morgan fingerprint density at radius 3 is 2.40 bits per heavy atom. The molecule has 1 N–H and O–H groups in total. The van der Waals surface area contributed by atoms with Gasteiger partial charge in [0.1, 0.15) is 0 Å². The third kappa shape index (κ3) is 6.29. The molecule has 114 valence electrons. The maximum absolute atomic E-state index is 5.79. The first-order valence-corrected chi connectivity index (χ1v) is 7.53. The average molecular weight is 279 g/mol. The Labute approximate surface area is 123 Å². The van der Waals surface area contributed by atoms with Gasteiger partial charge in [-0.15, -0.1) is 0 Å². The normalized spacial score (nSPS) is 11.2. The van der Waals surface area contributed by atoms with Crippen LogP contribution >= 0.6 is 0 Å². The van der Waals surface area contributed by atoms with Gasteiger partial charge in [-0.25, -0.2) is 0 Å². The van der Waals surface area contributed by atoms with Crippen molar-refractivity contribution in [3.8, 4) is 11.5 Å². The van der Waals surface area contributed by atoms with E-state index < -0.39 is 0 Å². The SMILES string of the molecule is COc1cc(CNCC(C)C)ccc1OCCC(C)C. The van der Waals surface area contributed by atoms with Gasteiger partial charge in [0, 0.05) is 6.54 Å². The lowest BCUT2D eigenvalue weighted by Gasteiger charge is -2.14. The second-order valence-electron chi connectivity index (χ2n) is 6.04. The topological polar surface area (TPSA) is 30.5 Å².